The fourth-order valence-electron chi connectivity index (χ4n) is 4.90. The lowest BCUT2D eigenvalue weighted by molar-refractivity contribution is -0.123. The molecule has 1 aliphatic carbocycles. The Bertz CT molecular complexity index is 946. The van der Waals surface area contributed by atoms with Crippen LogP contribution in [0, 0.1) is 19.3 Å². The van der Waals surface area contributed by atoms with Crippen molar-refractivity contribution in [2.45, 2.75) is 64.3 Å². The maximum atomic E-state index is 14.5. The minimum atomic E-state index is -2.87. The number of likely N-dealkylation sites (N-methyl/N-ethyl adjacent to an activating group) is 1. The summed E-state index contributed by atoms with van der Waals surface area (Å²) in [4.78, 5) is 19.1. The van der Waals surface area contributed by atoms with Gasteiger partial charge in [-0.1, -0.05) is 6.07 Å². The van der Waals surface area contributed by atoms with Crippen molar-refractivity contribution in [3.05, 3.63) is 58.9 Å². The highest BCUT2D eigenvalue weighted by Gasteiger charge is 2.63. The van der Waals surface area contributed by atoms with Crippen molar-refractivity contribution in [2.75, 3.05) is 20.6 Å². The van der Waals surface area contributed by atoms with Crippen molar-refractivity contribution < 1.29 is 18.7 Å². The quantitative estimate of drug-likeness (QED) is 0.545. The first-order valence-corrected chi connectivity index (χ1v) is 11.4. The predicted molar refractivity (Wildman–Crippen MR) is 126 cm³/mol. The van der Waals surface area contributed by atoms with Crippen LogP contribution in [0.15, 0.2) is 36.7 Å². The number of rotatable bonds is 10. The van der Waals surface area contributed by atoms with E-state index >= 15 is 0 Å². The van der Waals surface area contributed by atoms with E-state index in [1.165, 1.54) is 0 Å². The third-order valence-electron chi connectivity index (χ3n) is 7.19. The molecular weight excluding hydrogens is 424 g/mol. The maximum absolute atomic E-state index is 14.5. The predicted octanol–water partition coefficient (Wildman–Crippen LogP) is 4.60. The topological polar surface area (TPSA) is 65.5 Å². The van der Waals surface area contributed by atoms with Gasteiger partial charge in [0.25, 0.3) is 5.92 Å². The summed E-state index contributed by atoms with van der Waals surface area (Å²) < 4.78 is 29.1. The number of hydrogen-bond acceptors (Lipinski definition) is 4. The van der Waals surface area contributed by atoms with Gasteiger partial charge in [0.15, 0.2) is 0 Å². The molecule has 0 aliphatic heterocycles. The lowest BCUT2D eigenvalue weighted by atomic mass is 9.77. The highest BCUT2D eigenvalue weighted by molar-refractivity contribution is 5.77. The van der Waals surface area contributed by atoms with Crippen molar-refractivity contribution in [3.63, 3.8) is 0 Å². The monoisotopic (exact) mass is 459 g/mol. The number of hydrogen-bond donors (Lipinski definition) is 2. The molecule has 1 aromatic heterocycles. The zero-order valence-electron chi connectivity index (χ0n) is 20.2. The molecular formula is C26H35F2N3O2. The minimum absolute atomic E-state index is 0.00648. The normalized spacial score (nSPS) is 17.0. The number of nitrogens with one attached hydrogen (secondary N) is 1. The third-order valence-corrected chi connectivity index (χ3v) is 7.19. The van der Waals surface area contributed by atoms with Crippen LogP contribution >= 0.6 is 0 Å². The standard InChI is InChI=1S/C26H35F2N3O2/c1-17-11-21(32)12-18(2)22(17)13-20(31(4)5)16-30-24(33)14-23(19-7-6-10-29-15-19)26(8-9-26)25(3,27)28/h6-7,10-12,15,20,23,32H,8-9,13-14,16H2,1-5H3,(H,30,33)/t20-,23?/m0/s1. The Balaban J connectivity index is 1.71. The van der Waals surface area contributed by atoms with Gasteiger partial charge >= 0.3 is 0 Å². The number of benzene rings is 1. The number of phenols is 1. The Morgan fingerprint density at radius 1 is 1.27 bits per heavy atom. The Hall–Kier alpha value is -2.54. The summed E-state index contributed by atoms with van der Waals surface area (Å²) in [6.07, 6.45) is 4.73. The summed E-state index contributed by atoms with van der Waals surface area (Å²) >= 11 is 0. The second-order valence-electron chi connectivity index (χ2n) is 9.77. The van der Waals surface area contributed by atoms with Gasteiger partial charge in [0, 0.05) is 42.7 Å². The van der Waals surface area contributed by atoms with Crippen LogP contribution in [0.5, 0.6) is 5.75 Å². The van der Waals surface area contributed by atoms with Gasteiger partial charge in [0.05, 0.1) is 0 Å². The number of carbonyl (C=O) groups excluding carboxylic acids is 1. The summed E-state index contributed by atoms with van der Waals surface area (Å²) in [5.74, 6) is -3.43. The van der Waals surface area contributed by atoms with Gasteiger partial charge in [0.1, 0.15) is 5.75 Å². The Morgan fingerprint density at radius 3 is 2.39 bits per heavy atom. The summed E-state index contributed by atoms with van der Waals surface area (Å²) in [6.45, 7) is 5.30. The minimum Gasteiger partial charge on any atom is -0.508 e. The number of aromatic nitrogens is 1. The average Bonchev–Trinajstić information content (AvgIpc) is 3.53. The van der Waals surface area contributed by atoms with Gasteiger partial charge in [-0.05, 0) is 94.6 Å². The number of carbonyl (C=O) groups is 1. The molecule has 5 nitrogen and oxygen atoms in total. The second kappa shape index (κ2) is 9.75. The fourth-order valence-corrected chi connectivity index (χ4v) is 4.90. The van der Waals surface area contributed by atoms with Crippen LogP contribution in [0.25, 0.3) is 0 Å². The molecule has 1 aliphatic rings. The van der Waals surface area contributed by atoms with E-state index in [4.69, 9.17) is 0 Å². The number of phenolic OH excluding ortho intramolecular Hbond substituents is 1. The molecule has 33 heavy (non-hydrogen) atoms. The van der Waals surface area contributed by atoms with Gasteiger partial charge in [-0.3, -0.25) is 9.78 Å². The van der Waals surface area contributed by atoms with Gasteiger partial charge in [-0.2, -0.15) is 0 Å². The summed E-state index contributed by atoms with van der Waals surface area (Å²) in [5.41, 5.74) is 2.64. The number of alkyl halides is 2. The lowest BCUT2D eigenvalue weighted by Gasteiger charge is -2.32. The zero-order chi connectivity index (χ0) is 24.4. The number of nitrogens with zero attached hydrogens (tertiary/aromatic N) is 2. The van der Waals surface area contributed by atoms with E-state index in [-0.39, 0.29) is 24.1 Å². The highest BCUT2D eigenvalue weighted by Crippen LogP contribution is 2.65. The molecule has 0 spiro atoms. The fraction of sp³-hybridized carbons (Fsp3) is 0.538. The molecule has 180 valence electrons. The smallest absolute Gasteiger partial charge is 0.251 e. The summed E-state index contributed by atoms with van der Waals surface area (Å²) in [6, 6.07) is 7.03. The van der Waals surface area contributed by atoms with E-state index in [9.17, 15) is 18.7 Å². The molecule has 2 aromatic rings. The van der Waals surface area contributed by atoms with Crippen LogP contribution < -0.4 is 5.32 Å². The summed E-state index contributed by atoms with van der Waals surface area (Å²) in [5, 5.41) is 12.8. The first-order chi connectivity index (χ1) is 15.4. The first-order valence-electron chi connectivity index (χ1n) is 11.4. The Morgan fingerprint density at radius 2 is 1.91 bits per heavy atom. The number of aromatic hydroxyl groups is 1. The van der Waals surface area contributed by atoms with Crippen LogP contribution in [0.4, 0.5) is 8.78 Å². The molecule has 2 atom stereocenters. The molecule has 1 amide bonds. The van der Waals surface area contributed by atoms with Crippen LogP contribution in [-0.2, 0) is 11.2 Å². The van der Waals surface area contributed by atoms with E-state index < -0.39 is 17.3 Å². The molecule has 2 N–H and O–H groups in total. The maximum Gasteiger partial charge on any atom is 0.251 e. The van der Waals surface area contributed by atoms with E-state index in [1.807, 2.05) is 32.8 Å². The number of aryl methyl sites for hydroxylation is 2. The first kappa shape index (κ1) is 25.1. The van der Waals surface area contributed by atoms with Gasteiger partial charge in [-0.25, -0.2) is 8.78 Å². The van der Waals surface area contributed by atoms with Crippen LogP contribution in [0.2, 0.25) is 0 Å². The molecule has 7 heteroatoms. The second-order valence-corrected chi connectivity index (χ2v) is 9.77. The highest BCUT2D eigenvalue weighted by atomic mass is 19.3. The molecule has 0 saturated heterocycles. The van der Waals surface area contributed by atoms with E-state index in [0.29, 0.717) is 31.4 Å². The van der Waals surface area contributed by atoms with E-state index in [2.05, 4.69) is 10.3 Å². The molecule has 1 heterocycles. The van der Waals surface area contributed by atoms with Crippen LogP contribution in [-0.4, -0.2) is 53.5 Å². The number of pyridine rings is 1. The molecule has 3 rings (SSSR count). The Labute approximate surface area is 195 Å². The molecule has 0 radical (unpaired) electrons. The Kier molecular flexibility index (Phi) is 7.42. The summed E-state index contributed by atoms with van der Waals surface area (Å²) in [7, 11) is 3.91. The van der Waals surface area contributed by atoms with Crippen molar-refractivity contribution in [2.24, 2.45) is 5.41 Å². The molecule has 1 unspecified atom stereocenters. The van der Waals surface area contributed by atoms with Crippen molar-refractivity contribution in [3.8, 4) is 5.75 Å². The largest absolute Gasteiger partial charge is 0.508 e. The van der Waals surface area contributed by atoms with Gasteiger partial charge in [-0.15, -0.1) is 0 Å². The van der Waals surface area contributed by atoms with Crippen LogP contribution in [0.3, 0.4) is 0 Å². The third kappa shape index (κ3) is 5.69. The molecule has 1 saturated carbocycles. The van der Waals surface area contributed by atoms with Crippen molar-refractivity contribution >= 4 is 5.91 Å². The van der Waals surface area contributed by atoms with Crippen LogP contribution in [0.1, 0.15) is 54.4 Å². The lowest BCUT2D eigenvalue weighted by Crippen LogP contribution is -2.43. The van der Waals surface area contributed by atoms with E-state index in [1.54, 1.807) is 36.7 Å². The van der Waals surface area contributed by atoms with Crippen molar-refractivity contribution in [1.82, 2.24) is 15.2 Å². The molecule has 0 bridgehead atoms. The average molecular weight is 460 g/mol. The van der Waals surface area contributed by atoms with E-state index in [0.717, 1.165) is 23.6 Å². The number of halogens is 2. The zero-order valence-corrected chi connectivity index (χ0v) is 20.2. The van der Waals surface area contributed by atoms with Gasteiger partial charge < -0.3 is 15.3 Å². The molecule has 1 aromatic carbocycles. The van der Waals surface area contributed by atoms with Gasteiger partial charge in [0.2, 0.25) is 5.91 Å². The van der Waals surface area contributed by atoms with Crippen molar-refractivity contribution in [1.29, 1.82) is 0 Å². The molecule has 1 fully saturated rings. The number of amides is 1. The SMILES string of the molecule is Cc1cc(O)cc(C)c1C[C@@H](CNC(=O)CC(c1cccnc1)C1(C(C)(F)F)CC1)N(C)C.